The molecule has 1 aliphatic carbocycles. The number of benzene rings is 1. The number of amides is 1. The number of aromatic nitrogens is 1. The smallest absolute Gasteiger partial charge is 0.323 e. The average molecular weight is 300 g/mol. The van der Waals surface area contributed by atoms with Crippen molar-refractivity contribution in [2.24, 2.45) is 0 Å². The summed E-state index contributed by atoms with van der Waals surface area (Å²) in [5.41, 5.74) is 3.23. The maximum Gasteiger partial charge on any atom is 0.323 e. The third kappa shape index (κ3) is 2.84. The largest absolute Gasteiger partial charge is 0.480 e. The van der Waals surface area contributed by atoms with Gasteiger partial charge in [-0.25, -0.2) is 0 Å². The van der Waals surface area contributed by atoms with Gasteiger partial charge in [0.25, 0.3) is 0 Å². The molecule has 1 amide bonds. The fraction of sp³-hybridized carbons (Fsp3) is 0.412. The lowest BCUT2D eigenvalue weighted by Gasteiger charge is -2.20. The van der Waals surface area contributed by atoms with Crippen LogP contribution in [0.3, 0.4) is 0 Å². The second kappa shape index (κ2) is 5.83. The van der Waals surface area contributed by atoms with Crippen molar-refractivity contribution in [3.05, 3.63) is 35.5 Å². The van der Waals surface area contributed by atoms with Crippen LogP contribution >= 0.6 is 0 Å². The fourth-order valence-electron chi connectivity index (χ4n) is 2.93. The number of para-hydroxylation sites is 1. The number of nitrogens with zero attached hydrogens (tertiary/aromatic N) is 1. The molecule has 1 aromatic heterocycles. The lowest BCUT2D eigenvalue weighted by molar-refractivity contribution is -0.144. The van der Waals surface area contributed by atoms with Gasteiger partial charge < -0.3 is 15.0 Å². The molecule has 5 nitrogen and oxygen atoms in total. The highest BCUT2D eigenvalue weighted by molar-refractivity contribution is 5.91. The van der Waals surface area contributed by atoms with Crippen LogP contribution in [0.5, 0.6) is 0 Å². The molecule has 0 saturated heterocycles. The van der Waals surface area contributed by atoms with E-state index in [0.29, 0.717) is 0 Å². The molecular formula is C17H20N2O3. The first-order valence-corrected chi connectivity index (χ1v) is 7.69. The summed E-state index contributed by atoms with van der Waals surface area (Å²) < 4.78 is 0. The van der Waals surface area contributed by atoms with Crippen LogP contribution < -0.4 is 0 Å². The van der Waals surface area contributed by atoms with Crippen LogP contribution in [0.2, 0.25) is 0 Å². The number of fused-ring (bicyclic) bond motifs is 1. The van der Waals surface area contributed by atoms with Crippen LogP contribution in [-0.2, 0) is 22.4 Å². The van der Waals surface area contributed by atoms with Crippen molar-refractivity contribution in [3.8, 4) is 0 Å². The number of carboxylic acids is 1. The Kier molecular flexibility index (Phi) is 3.88. The molecule has 3 rings (SSSR count). The molecule has 1 aromatic carbocycles. The lowest BCUT2D eigenvalue weighted by atomic mass is 10.1. The normalized spacial score (nSPS) is 14.2. The minimum Gasteiger partial charge on any atom is -0.480 e. The van der Waals surface area contributed by atoms with E-state index in [4.69, 9.17) is 5.11 Å². The number of aliphatic carboxylic acids is 1. The molecule has 0 unspecified atom stereocenters. The highest BCUT2D eigenvalue weighted by Crippen LogP contribution is 2.28. The molecule has 116 valence electrons. The van der Waals surface area contributed by atoms with Crippen LogP contribution in [0.15, 0.2) is 24.4 Å². The zero-order valence-electron chi connectivity index (χ0n) is 12.6. The highest BCUT2D eigenvalue weighted by Gasteiger charge is 2.33. The average Bonchev–Trinajstić information content (AvgIpc) is 3.26. The van der Waals surface area contributed by atoms with Gasteiger partial charge in [-0.1, -0.05) is 25.1 Å². The fourth-order valence-corrected chi connectivity index (χ4v) is 2.93. The van der Waals surface area contributed by atoms with Crippen molar-refractivity contribution in [3.63, 3.8) is 0 Å². The quantitative estimate of drug-likeness (QED) is 0.860. The van der Waals surface area contributed by atoms with Crippen molar-refractivity contribution in [2.45, 2.75) is 38.6 Å². The van der Waals surface area contributed by atoms with Gasteiger partial charge in [-0.2, -0.15) is 0 Å². The third-order valence-electron chi connectivity index (χ3n) is 4.22. The summed E-state index contributed by atoms with van der Waals surface area (Å²) >= 11 is 0. The Morgan fingerprint density at radius 2 is 2.09 bits per heavy atom. The molecule has 0 atom stereocenters. The van der Waals surface area contributed by atoms with Gasteiger partial charge in [-0.3, -0.25) is 9.59 Å². The molecule has 2 aromatic rings. The number of aromatic amines is 1. The number of aryl methyl sites for hydroxylation is 1. The Bertz CT molecular complexity index is 716. The first-order valence-electron chi connectivity index (χ1n) is 7.69. The summed E-state index contributed by atoms with van der Waals surface area (Å²) in [7, 11) is 0. The van der Waals surface area contributed by atoms with Gasteiger partial charge in [0, 0.05) is 23.1 Å². The highest BCUT2D eigenvalue weighted by atomic mass is 16.4. The molecule has 5 heteroatoms. The Morgan fingerprint density at radius 3 is 2.73 bits per heavy atom. The van der Waals surface area contributed by atoms with E-state index in [1.165, 1.54) is 10.5 Å². The topological polar surface area (TPSA) is 73.4 Å². The maximum atomic E-state index is 12.5. The van der Waals surface area contributed by atoms with Crippen molar-refractivity contribution in [2.75, 3.05) is 6.54 Å². The monoisotopic (exact) mass is 300 g/mol. The molecule has 0 radical (unpaired) electrons. The van der Waals surface area contributed by atoms with Crippen molar-refractivity contribution in [1.29, 1.82) is 0 Å². The molecule has 0 bridgehead atoms. The summed E-state index contributed by atoms with van der Waals surface area (Å²) in [5, 5.41) is 10.0. The van der Waals surface area contributed by atoms with Gasteiger partial charge in [0.1, 0.15) is 6.54 Å². The Morgan fingerprint density at radius 1 is 1.32 bits per heavy atom. The summed E-state index contributed by atoms with van der Waals surface area (Å²) in [6.07, 6.45) is 4.86. The maximum absolute atomic E-state index is 12.5. The zero-order chi connectivity index (χ0) is 15.7. The number of H-pyrrole nitrogens is 1. The lowest BCUT2D eigenvalue weighted by Crippen LogP contribution is -2.38. The van der Waals surface area contributed by atoms with Crippen LogP contribution in [0.1, 0.15) is 30.9 Å². The van der Waals surface area contributed by atoms with Crippen molar-refractivity contribution < 1.29 is 14.7 Å². The van der Waals surface area contributed by atoms with Crippen LogP contribution in [-0.4, -0.2) is 39.5 Å². The van der Waals surface area contributed by atoms with E-state index in [1.54, 1.807) is 0 Å². The van der Waals surface area contributed by atoms with Crippen LogP contribution in [0.4, 0.5) is 0 Å². The second-order valence-corrected chi connectivity index (χ2v) is 5.83. The number of hydrogen-bond acceptors (Lipinski definition) is 2. The summed E-state index contributed by atoms with van der Waals surface area (Å²) in [6, 6.07) is 6.19. The molecule has 0 aliphatic heterocycles. The second-order valence-electron chi connectivity index (χ2n) is 5.83. The number of carbonyl (C=O) groups excluding carboxylic acids is 1. The van der Waals surface area contributed by atoms with Gasteiger partial charge in [-0.15, -0.1) is 0 Å². The number of carbonyl (C=O) groups is 2. The Labute approximate surface area is 128 Å². The molecule has 1 saturated carbocycles. The van der Waals surface area contributed by atoms with E-state index in [-0.39, 0.29) is 24.9 Å². The van der Waals surface area contributed by atoms with E-state index in [0.717, 1.165) is 35.7 Å². The summed E-state index contributed by atoms with van der Waals surface area (Å²) in [6.45, 7) is 1.90. The number of hydrogen-bond donors (Lipinski definition) is 2. The van der Waals surface area contributed by atoms with Crippen LogP contribution in [0.25, 0.3) is 10.9 Å². The molecule has 0 spiro atoms. The number of rotatable bonds is 6. The van der Waals surface area contributed by atoms with E-state index < -0.39 is 5.97 Å². The van der Waals surface area contributed by atoms with E-state index in [1.807, 2.05) is 18.3 Å². The molecule has 1 heterocycles. The van der Waals surface area contributed by atoms with Gasteiger partial charge in [-0.05, 0) is 30.4 Å². The first-order chi connectivity index (χ1) is 10.6. The zero-order valence-corrected chi connectivity index (χ0v) is 12.6. The van der Waals surface area contributed by atoms with Gasteiger partial charge in [0.15, 0.2) is 0 Å². The third-order valence-corrected chi connectivity index (χ3v) is 4.22. The predicted octanol–water partition coefficient (Wildman–Crippen LogP) is 2.35. The minimum atomic E-state index is -0.951. The Hall–Kier alpha value is -2.30. The molecule has 22 heavy (non-hydrogen) atoms. The SMILES string of the molecule is CCc1cccc2c(CC(=O)N(CC(=O)O)C3CC3)c[nH]c12. The predicted molar refractivity (Wildman–Crippen MR) is 83.8 cm³/mol. The minimum absolute atomic E-state index is 0.104. The number of nitrogens with one attached hydrogen (secondary N) is 1. The van der Waals surface area contributed by atoms with Gasteiger partial charge in [0.2, 0.25) is 5.91 Å². The summed E-state index contributed by atoms with van der Waals surface area (Å²) in [4.78, 5) is 28.2. The van der Waals surface area contributed by atoms with E-state index in [9.17, 15) is 9.59 Å². The molecular weight excluding hydrogens is 280 g/mol. The van der Waals surface area contributed by atoms with Crippen molar-refractivity contribution >= 4 is 22.8 Å². The van der Waals surface area contributed by atoms with Crippen LogP contribution in [0, 0.1) is 0 Å². The standard InChI is InChI=1S/C17H20N2O3/c1-2-11-4-3-5-14-12(9-18-17(11)14)8-15(20)19(10-16(21)22)13-6-7-13/h3-5,9,13,18H,2,6-8,10H2,1H3,(H,21,22). The summed E-state index contributed by atoms with van der Waals surface area (Å²) in [5.74, 6) is -1.06. The molecule has 1 aliphatic rings. The van der Waals surface area contributed by atoms with Gasteiger partial charge >= 0.3 is 5.97 Å². The van der Waals surface area contributed by atoms with E-state index in [2.05, 4.69) is 18.0 Å². The van der Waals surface area contributed by atoms with Gasteiger partial charge in [0.05, 0.1) is 6.42 Å². The molecule has 1 fully saturated rings. The first kappa shape index (κ1) is 14.6. The Balaban J connectivity index is 1.83. The number of carboxylic acid groups (broad SMARTS) is 1. The van der Waals surface area contributed by atoms with Crippen molar-refractivity contribution in [1.82, 2.24) is 9.88 Å². The van der Waals surface area contributed by atoms with E-state index >= 15 is 0 Å². The molecule has 2 N–H and O–H groups in total.